The maximum absolute atomic E-state index is 2.54. The molecule has 1 rings (SSSR count). The molecule has 1 fully saturated rings. The lowest BCUT2D eigenvalue weighted by Crippen LogP contribution is -2.25. The monoisotopic (exact) mass is 182 g/mol. The van der Waals surface area contributed by atoms with Crippen LogP contribution in [-0.2, 0) is 0 Å². The zero-order chi connectivity index (χ0) is 9.73. The van der Waals surface area contributed by atoms with Crippen molar-refractivity contribution in [2.24, 2.45) is 11.3 Å². The van der Waals surface area contributed by atoms with Crippen LogP contribution in [0.4, 0.5) is 0 Å². The van der Waals surface area contributed by atoms with Crippen LogP contribution in [0.1, 0.15) is 72.1 Å². The molecular formula is C13H26. The first-order valence-electron chi connectivity index (χ1n) is 6.23. The fourth-order valence-corrected chi connectivity index (χ4v) is 3.30. The van der Waals surface area contributed by atoms with Crippen molar-refractivity contribution in [2.45, 2.75) is 72.1 Å². The molecule has 0 aromatic carbocycles. The Labute approximate surface area is 84.1 Å². The smallest absolute Gasteiger partial charge is 0.0298 e. The Balaban J connectivity index is 2.52. The van der Waals surface area contributed by atoms with Crippen molar-refractivity contribution in [1.82, 2.24) is 0 Å². The number of hydrogen-bond donors (Lipinski definition) is 0. The van der Waals surface area contributed by atoms with Crippen LogP contribution in [0.3, 0.4) is 0 Å². The molecule has 0 aromatic rings. The first-order valence-corrected chi connectivity index (χ1v) is 6.23. The van der Waals surface area contributed by atoms with Gasteiger partial charge in [0.05, 0.1) is 0 Å². The number of rotatable bonds is 5. The second-order valence-electron chi connectivity index (χ2n) is 5.14. The van der Waals surface area contributed by atoms with Crippen molar-refractivity contribution >= 4 is 0 Å². The van der Waals surface area contributed by atoms with Gasteiger partial charge in [0.25, 0.3) is 0 Å². The fourth-order valence-electron chi connectivity index (χ4n) is 3.30. The van der Waals surface area contributed by atoms with Gasteiger partial charge in [0.15, 0.2) is 0 Å². The van der Waals surface area contributed by atoms with E-state index in [1.54, 1.807) is 0 Å². The van der Waals surface area contributed by atoms with E-state index < -0.39 is 0 Å². The van der Waals surface area contributed by atoms with Crippen LogP contribution in [0.25, 0.3) is 0 Å². The van der Waals surface area contributed by atoms with Gasteiger partial charge in [-0.1, -0.05) is 46.5 Å². The van der Waals surface area contributed by atoms with E-state index in [-0.39, 0.29) is 0 Å². The lowest BCUT2D eigenvalue weighted by Gasteiger charge is -2.35. The first-order chi connectivity index (χ1) is 6.23. The van der Waals surface area contributed by atoms with Crippen LogP contribution in [-0.4, -0.2) is 0 Å². The summed E-state index contributed by atoms with van der Waals surface area (Å²) in [6.07, 6.45) is 11.6. The highest BCUT2D eigenvalue weighted by Gasteiger charge is 2.33. The standard InChI is InChI=1S/C13H26/c1-4-10-13(3,11-5-2)12-8-6-7-9-12/h12H,4-11H2,1-3H3. The Morgan fingerprint density at radius 1 is 1.00 bits per heavy atom. The molecule has 1 aliphatic carbocycles. The summed E-state index contributed by atoms with van der Waals surface area (Å²) >= 11 is 0. The van der Waals surface area contributed by atoms with E-state index in [1.807, 2.05) is 0 Å². The highest BCUT2D eigenvalue weighted by molar-refractivity contribution is 4.85. The van der Waals surface area contributed by atoms with E-state index >= 15 is 0 Å². The second-order valence-corrected chi connectivity index (χ2v) is 5.14. The highest BCUT2D eigenvalue weighted by Crippen LogP contribution is 2.45. The quantitative estimate of drug-likeness (QED) is 0.574. The van der Waals surface area contributed by atoms with E-state index in [9.17, 15) is 0 Å². The Bertz CT molecular complexity index is 125. The van der Waals surface area contributed by atoms with Gasteiger partial charge in [-0.2, -0.15) is 0 Å². The summed E-state index contributed by atoms with van der Waals surface area (Å²) in [4.78, 5) is 0. The third-order valence-electron chi connectivity index (χ3n) is 3.98. The summed E-state index contributed by atoms with van der Waals surface area (Å²) in [5.74, 6) is 1.05. The predicted molar refractivity (Wildman–Crippen MR) is 59.9 cm³/mol. The molecule has 0 saturated heterocycles. The lowest BCUT2D eigenvalue weighted by atomic mass is 9.70. The molecule has 0 heteroatoms. The van der Waals surface area contributed by atoms with Crippen LogP contribution < -0.4 is 0 Å². The molecule has 78 valence electrons. The average molecular weight is 182 g/mol. The van der Waals surface area contributed by atoms with Crippen molar-refractivity contribution in [2.75, 3.05) is 0 Å². The minimum absolute atomic E-state index is 0.681. The van der Waals surface area contributed by atoms with Crippen molar-refractivity contribution in [1.29, 1.82) is 0 Å². The average Bonchev–Trinajstić information content (AvgIpc) is 2.57. The molecule has 0 bridgehead atoms. The molecule has 0 spiro atoms. The summed E-state index contributed by atoms with van der Waals surface area (Å²) < 4.78 is 0. The van der Waals surface area contributed by atoms with Gasteiger partial charge >= 0.3 is 0 Å². The van der Waals surface area contributed by atoms with Crippen LogP contribution in [0.5, 0.6) is 0 Å². The summed E-state index contributed by atoms with van der Waals surface area (Å²) in [6.45, 7) is 7.21. The van der Waals surface area contributed by atoms with Gasteiger partial charge in [0.1, 0.15) is 0 Å². The SMILES string of the molecule is CCCC(C)(CCC)C1CCCC1. The van der Waals surface area contributed by atoms with Gasteiger partial charge in [-0.3, -0.25) is 0 Å². The first kappa shape index (κ1) is 11.1. The highest BCUT2D eigenvalue weighted by atomic mass is 14.4. The minimum atomic E-state index is 0.681. The normalized spacial score (nSPS) is 19.6. The van der Waals surface area contributed by atoms with E-state index in [0.717, 1.165) is 5.92 Å². The van der Waals surface area contributed by atoms with Gasteiger partial charge in [0, 0.05) is 0 Å². The topological polar surface area (TPSA) is 0 Å². The predicted octanol–water partition coefficient (Wildman–Crippen LogP) is 4.78. The summed E-state index contributed by atoms with van der Waals surface area (Å²) in [5.41, 5.74) is 0.681. The molecule has 0 aliphatic heterocycles. The van der Waals surface area contributed by atoms with Gasteiger partial charge in [0.2, 0.25) is 0 Å². The van der Waals surface area contributed by atoms with Crippen LogP contribution >= 0.6 is 0 Å². The minimum Gasteiger partial charge on any atom is -0.0654 e. The van der Waals surface area contributed by atoms with Gasteiger partial charge in [-0.05, 0) is 37.0 Å². The Morgan fingerprint density at radius 3 is 1.85 bits per heavy atom. The van der Waals surface area contributed by atoms with Crippen molar-refractivity contribution in [3.63, 3.8) is 0 Å². The molecule has 0 unspecified atom stereocenters. The molecule has 13 heavy (non-hydrogen) atoms. The summed E-state index contributed by atoms with van der Waals surface area (Å²) in [6, 6.07) is 0. The second kappa shape index (κ2) is 5.02. The molecule has 1 saturated carbocycles. The molecule has 0 aromatic heterocycles. The van der Waals surface area contributed by atoms with Crippen LogP contribution in [0.2, 0.25) is 0 Å². The maximum Gasteiger partial charge on any atom is -0.0298 e. The Morgan fingerprint density at radius 2 is 1.46 bits per heavy atom. The van der Waals surface area contributed by atoms with E-state index in [2.05, 4.69) is 20.8 Å². The fraction of sp³-hybridized carbons (Fsp3) is 1.00. The third kappa shape index (κ3) is 2.72. The van der Waals surface area contributed by atoms with E-state index in [0.29, 0.717) is 5.41 Å². The van der Waals surface area contributed by atoms with E-state index in [4.69, 9.17) is 0 Å². The van der Waals surface area contributed by atoms with Crippen molar-refractivity contribution in [3.8, 4) is 0 Å². The van der Waals surface area contributed by atoms with E-state index in [1.165, 1.54) is 51.4 Å². The zero-order valence-electron chi connectivity index (χ0n) is 9.73. The zero-order valence-corrected chi connectivity index (χ0v) is 9.73. The largest absolute Gasteiger partial charge is 0.0654 e. The van der Waals surface area contributed by atoms with Gasteiger partial charge in [-0.25, -0.2) is 0 Å². The summed E-state index contributed by atoms with van der Waals surface area (Å²) in [5, 5.41) is 0. The molecule has 0 radical (unpaired) electrons. The lowest BCUT2D eigenvalue weighted by molar-refractivity contribution is 0.153. The van der Waals surface area contributed by atoms with Crippen LogP contribution in [0, 0.1) is 11.3 Å². The molecule has 0 nitrogen and oxygen atoms in total. The molecular weight excluding hydrogens is 156 g/mol. The molecule has 0 atom stereocenters. The van der Waals surface area contributed by atoms with Gasteiger partial charge in [-0.15, -0.1) is 0 Å². The van der Waals surface area contributed by atoms with Crippen molar-refractivity contribution in [3.05, 3.63) is 0 Å². The van der Waals surface area contributed by atoms with Gasteiger partial charge < -0.3 is 0 Å². The third-order valence-corrected chi connectivity index (χ3v) is 3.98. The summed E-state index contributed by atoms with van der Waals surface area (Å²) in [7, 11) is 0. The molecule has 1 aliphatic rings. The Kier molecular flexibility index (Phi) is 4.28. The maximum atomic E-state index is 2.54. The molecule has 0 N–H and O–H groups in total. The van der Waals surface area contributed by atoms with Crippen LogP contribution in [0.15, 0.2) is 0 Å². The Hall–Kier alpha value is 0. The molecule has 0 amide bonds. The molecule has 0 heterocycles. The number of hydrogen-bond acceptors (Lipinski definition) is 0. The van der Waals surface area contributed by atoms with Crippen molar-refractivity contribution < 1.29 is 0 Å².